The summed E-state index contributed by atoms with van der Waals surface area (Å²) in [6, 6.07) is 18.5. The molecule has 0 aliphatic rings. The number of nitrogens with zero attached hydrogens (tertiary/aromatic N) is 3. The topological polar surface area (TPSA) is 122 Å². The van der Waals surface area contributed by atoms with E-state index in [0.29, 0.717) is 27.9 Å². The Morgan fingerprint density at radius 3 is 2.76 bits per heavy atom. The van der Waals surface area contributed by atoms with Gasteiger partial charge in [0, 0.05) is 46.3 Å². The maximum Gasteiger partial charge on any atom is 0.270 e. The van der Waals surface area contributed by atoms with Crippen molar-refractivity contribution in [2.45, 2.75) is 6.42 Å². The number of benzene rings is 2. The van der Waals surface area contributed by atoms with Crippen molar-refractivity contribution in [1.29, 1.82) is 5.26 Å². The minimum absolute atomic E-state index is 0.0676. The fraction of sp³-hybridized carbons (Fsp3) is 0.0417. The second kappa shape index (κ2) is 10.1. The van der Waals surface area contributed by atoms with E-state index < -0.39 is 10.8 Å². The van der Waals surface area contributed by atoms with Gasteiger partial charge >= 0.3 is 0 Å². The zero-order valence-electron chi connectivity index (χ0n) is 17.4. The number of carbonyl (C=O) groups excluding carboxylic acids is 1. The molecule has 1 N–H and O–H groups in total. The van der Waals surface area contributed by atoms with Crippen LogP contribution < -0.4 is 5.32 Å². The van der Waals surface area contributed by atoms with E-state index in [9.17, 15) is 20.2 Å². The first-order valence-electron chi connectivity index (χ1n) is 9.88. The lowest BCUT2D eigenvalue weighted by molar-refractivity contribution is -0.384. The van der Waals surface area contributed by atoms with Crippen LogP contribution in [0.15, 0.2) is 76.9 Å². The summed E-state index contributed by atoms with van der Waals surface area (Å²) < 4.78 is 5.66. The number of nitro groups is 1. The van der Waals surface area contributed by atoms with Gasteiger partial charge in [-0.15, -0.1) is 11.3 Å². The van der Waals surface area contributed by atoms with Crippen LogP contribution in [0.2, 0.25) is 5.02 Å². The minimum atomic E-state index is -0.622. The number of aromatic nitrogens is 1. The van der Waals surface area contributed by atoms with Gasteiger partial charge in [-0.1, -0.05) is 35.9 Å². The molecule has 4 aromatic rings. The number of furan rings is 1. The van der Waals surface area contributed by atoms with Crippen LogP contribution in [-0.2, 0) is 11.2 Å². The van der Waals surface area contributed by atoms with Gasteiger partial charge in [-0.3, -0.25) is 20.2 Å². The number of nitriles is 1. The van der Waals surface area contributed by atoms with Crippen LogP contribution in [0.25, 0.3) is 17.4 Å². The highest BCUT2D eigenvalue weighted by Gasteiger charge is 2.14. The summed E-state index contributed by atoms with van der Waals surface area (Å²) >= 11 is 7.22. The van der Waals surface area contributed by atoms with E-state index in [-0.39, 0.29) is 17.0 Å². The van der Waals surface area contributed by atoms with Gasteiger partial charge in [0.1, 0.15) is 23.2 Å². The number of carbonyl (C=O) groups is 1. The van der Waals surface area contributed by atoms with E-state index in [0.717, 1.165) is 10.4 Å². The molecule has 0 aliphatic carbocycles. The van der Waals surface area contributed by atoms with Gasteiger partial charge in [-0.25, -0.2) is 4.98 Å². The first kappa shape index (κ1) is 22.9. The fourth-order valence-electron chi connectivity index (χ4n) is 3.06. The van der Waals surface area contributed by atoms with Gasteiger partial charge in [0.25, 0.3) is 11.6 Å². The Morgan fingerprint density at radius 1 is 1.24 bits per heavy atom. The molecule has 0 aliphatic heterocycles. The average Bonchev–Trinajstić information content (AvgIpc) is 3.48. The lowest BCUT2D eigenvalue weighted by atomic mass is 10.1. The lowest BCUT2D eigenvalue weighted by Crippen LogP contribution is -2.13. The second-order valence-electron chi connectivity index (χ2n) is 7.07. The zero-order valence-corrected chi connectivity index (χ0v) is 19.0. The highest BCUT2D eigenvalue weighted by atomic mass is 35.5. The molecular weight excluding hydrogens is 476 g/mol. The molecule has 168 valence electrons. The molecule has 0 fully saturated rings. The summed E-state index contributed by atoms with van der Waals surface area (Å²) in [6.45, 7) is 0. The molecule has 0 saturated carbocycles. The Bertz CT molecular complexity index is 1430. The van der Waals surface area contributed by atoms with E-state index in [1.807, 2.05) is 30.3 Å². The van der Waals surface area contributed by atoms with Gasteiger partial charge in [-0.05, 0) is 29.8 Å². The number of halogens is 1. The van der Waals surface area contributed by atoms with Gasteiger partial charge in [0.05, 0.1) is 4.92 Å². The van der Waals surface area contributed by atoms with Crippen LogP contribution in [0.1, 0.15) is 16.2 Å². The summed E-state index contributed by atoms with van der Waals surface area (Å²) in [6.07, 6.45) is 3.61. The Morgan fingerprint density at radius 2 is 2.03 bits per heavy atom. The minimum Gasteiger partial charge on any atom is -0.457 e. The molecule has 0 saturated heterocycles. The maximum absolute atomic E-state index is 12.6. The van der Waals surface area contributed by atoms with Crippen LogP contribution in [0, 0.1) is 21.4 Å². The number of thiazole rings is 1. The average molecular weight is 491 g/mol. The number of hydrogen-bond acceptors (Lipinski definition) is 7. The number of anilines is 1. The van der Waals surface area contributed by atoms with Gasteiger partial charge in [0.15, 0.2) is 5.13 Å². The molecule has 2 aromatic carbocycles. The Balaban J connectivity index is 1.45. The van der Waals surface area contributed by atoms with Gasteiger partial charge in [-0.2, -0.15) is 5.26 Å². The molecule has 34 heavy (non-hydrogen) atoms. The van der Waals surface area contributed by atoms with Crippen molar-refractivity contribution in [3.63, 3.8) is 0 Å². The largest absolute Gasteiger partial charge is 0.457 e. The summed E-state index contributed by atoms with van der Waals surface area (Å²) in [5.41, 5.74) is 1.32. The lowest BCUT2D eigenvalue weighted by Gasteiger charge is -2.00. The third-order valence-corrected chi connectivity index (χ3v) is 5.85. The van der Waals surface area contributed by atoms with E-state index in [2.05, 4.69) is 10.3 Å². The van der Waals surface area contributed by atoms with Crippen LogP contribution >= 0.6 is 22.9 Å². The van der Waals surface area contributed by atoms with E-state index in [4.69, 9.17) is 16.0 Å². The van der Waals surface area contributed by atoms with Gasteiger partial charge in [0.2, 0.25) is 0 Å². The van der Waals surface area contributed by atoms with Crippen LogP contribution in [0.3, 0.4) is 0 Å². The third kappa shape index (κ3) is 5.56. The molecule has 1 amide bonds. The maximum atomic E-state index is 12.6. The predicted octanol–water partition coefficient (Wildman–Crippen LogP) is 6.10. The molecular formula is C24H15ClN4O4S. The van der Waals surface area contributed by atoms with Crippen molar-refractivity contribution in [3.8, 4) is 17.4 Å². The monoisotopic (exact) mass is 490 g/mol. The second-order valence-corrected chi connectivity index (χ2v) is 8.62. The summed E-state index contributed by atoms with van der Waals surface area (Å²) in [5.74, 6) is 0.0124. The van der Waals surface area contributed by atoms with Gasteiger partial charge < -0.3 is 4.42 Å². The van der Waals surface area contributed by atoms with E-state index in [1.54, 1.807) is 30.5 Å². The van der Waals surface area contributed by atoms with Crippen molar-refractivity contribution in [2.24, 2.45) is 0 Å². The SMILES string of the molecule is N#CC(=Cc1ccc(-c2cccc([N+](=O)[O-])c2)o1)C(=O)Nc1ncc(Cc2ccc(Cl)cc2)s1. The van der Waals surface area contributed by atoms with Crippen molar-refractivity contribution < 1.29 is 14.1 Å². The van der Waals surface area contributed by atoms with Crippen LogP contribution in [-0.4, -0.2) is 15.8 Å². The number of hydrogen-bond donors (Lipinski definition) is 1. The smallest absolute Gasteiger partial charge is 0.270 e. The molecule has 0 atom stereocenters. The normalized spacial score (nSPS) is 11.1. The number of amides is 1. The Labute approximate surface area is 202 Å². The van der Waals surface area contributed by atoms with E-state index >= 15 is 0 Å². The quantitative estimate of drug-likeness (QED) is 0.144. The first-order chi connectivity index (χ1) is 16.4. The van der Waals surface area contributed by atoms with Crippen molar-refractivity contribution >= 4 is 45.7 Å². The molecule has 8 nitrogen and oxygen atoms in total. The number of rotatable bonds is 7. The number of non-ortho nitro benzene ring substituents is 1. The summed E-state index contributed by atoms with van der Waals surface area (Å²) in [5, 5.41) is 24.1. The third-order valence-electron chi connectivity index (χ3n) is 4.69. The number of nitro benzene ring substituents is 1. The highest BCUT2D eigenvalue weighted by molar-refractivity contribution is 7.15. The standard InChI is InChI=1S/C24H15ClN4O4S/c25-18-6-4-15(5-7-18)10-21-14-27-24(34-21)28-23(30)17(13-26)12-20-8-9-22(33-20)16-2-1-3-19(11-16)29(31)32/h1-9,11-12,14H,10H2,(H,27,28,30). The van der Waals surface area contributed by atoms with Crippen molar-refractivity contribution in [2.75, 3.05) is 5.32 Å². The van der Waals surface area contributed by atoms with Crippen molar-refractivity contribution in [3.05, 3.63) is 104 Å². The predicted molar refractivity (Wildman–Crippen MR) is 129 cm³/mol. The summed E-state index contributed by atoms with van der Waals surface area (Å²) in [4.78, 5) is 28.2. The summed E-state index contributed by atoms with van der Waals surface area (Å²) in [7, 11) is 0. The Kier molecular flexibility index (Phi) is 6.82. The van der Waals surface area contributed by atoms with Crippen LogP contribution in [0.4, 0.5) is 10.8 Å². The molecule has 0 bridgehead atoms. The fourth-order valence-corrected chi connectivity index (χ4v) is 4.03. The van der Waals surface area contributed by atoms with Crippen molar-refractivity contribution in [1.82, 2.24) is 4.98 Å². The Hall–Kier alpha value is -4.26. The number of nitrogens with one attached hydrogen (secondary N) is 1. The highest BCUT2D eigenvalue weighted by Crippen LogP contribution is 2.27. The molecule has 0 spiro atoms. The molecule has 0 radical (unpaired) electrons. The molecule has 0 unspecified atom stereocenters. The van der Waals surface area contributed by atoms with Crippen LogP contribution in [0.5, 0.6) is 0 Å². The first-order valence-corrected chi connectivity index (χ1v) is 11.1. The molecule has 2 heterocycles. The molecule has 10 heteroatoms. The van der Waals surface area contributed by atoms with E-state index in [1.165, 1.54) is 29.5 Å². The zero-order chi connectivity index (χ0) is 24.1. The molecule has 2 aromatic heterocycles. The molecule has 4 rings (SSSR count).